The summed E-state index contributed by atoms with van der Waals surface area (Å²) in [6, 6.07) is 7.94. The standard InChI is InChI=1S/C14H19N3OS/c1-3-8-18-14-12(15)6-7-13(16-14)17(2)10-11-5-4-9-19-11/h4-7,9H,3,8,10,15H2,1-2H3. The number of hydrogen-bond acceptors (Lipinski definition) is 5. The zero-order valence-corrected chi connectivity index (χ0v) is 12.1. The lowest BCUT2D eigenvalue weighted by atomic mass is 10.3. The molecule has 0 amide bonds. The average Bonchev–Trinajstić information content (AvgIpc) is 2.90. The van der Waals surface area contributed by atoms with Crippen molar-refractivity contribution < 1.29 is 4.74 Å². The predicted molar refractivity (Wildman–Crippen MR) is 80.9 cm³/mol. The Labute approximate surface area is 117 Å². The van der Waals surface area contributed by atoms with E-state index in [2.05, 4.69) is 34.3 Å². The first kappa shape index (κ1) is 13.7. The predicted octanol–water partition coefficient (Wildman–Crippen LogP) is 3.15. The highest BCUT2D eigenvalue weighted by Crippen LogP contribution is 2.24. The zero-order chi connectivity index (χ0) is 13.7. The van der Waals surface area contributed by atoms with Gasteiger partial charge in [0.2, 0.25) is 5.88 Å². The van der Waals surface area contributed by atoms with Gasteiger partial charge in [-0.3, -0.25) is 0 Å². The first-order chi connectivity index (χ1) is 9.20. The number of nitrogen functional groups attached to an aromatic ring is 1. The van der Waals surface area contributed by atoms with Gasteiger partial charge >= 0.3 is 0 Å². The van der Waals surface area contributed by atoms with Crippen LogP contribution in [0.15, 0.2) is 29.6 Å². The molecule has 4 nitrogen and oxygen atoms in total. The second-order valence-electron chi connectivity index (χ2n) is 4.35. The third kappa shape index (κ3) is 3.61. The Bertz CT molecular complexity index is 513. The topological polar surface area (TPSA) is 51.4 Å². The molecule has 19 heavy (non-hydrogen) atoms. The number of nitrogens with two attached hydrogens (primary N) is 1. The molecule has 0 aliphatic carbocycles. The number of anilines is 2. The van der Waals surface area contributed by atoms with Crippen LogP contribution in [0.2, 0.25) is 0 Å². The van der Waals surface area contributed by atoms with Gasteiger partial charge in [-0.15, -0.1) is 11.3 Å². The van der Waals surface area contributed by atoms with Crippen LogP contribution in [0, 0.1) is 0 Å². The fourth-order valence-corrected chi connectivity index (χ4v) is 2.44. The Morgan fingerprint density at radius 2 is 2.21 bits per heavy atom. The van der Waals surface area contributed by atoms with E-state index in [1.807, 2.05) is 19.2 Å². The number of aromatic nitrogens is 1. The minimum Gasteiger partial charge on any atom is -0.476 e. The van der Waals surface area contributed by atoms with Crippen LogP contribution in [-0.2, 0) is 6.54 Å². The molecule has 2 N–H and O–H groups in total. The molecule has 0 fully saturated rings. The molecular formula is C14H19N3OS. The first-order valence-corrected chi connectivity index (χ1v) is 7.21. The van der Waals surface area contributed by atoms with E-state index in [0.29, 0.717) is 18.2 Å². The Balaban J connectivity index is 2.10. The highest BCUT2D eigenvalue weighted by molar-refractivity contribution is 7.09. The summed E-state index contributed by atoms with van der Waals surface area (Å²) >= 11 is 1.74. The maximum absolute atomic E-state index is 5.86. The largest absolute Gasteiger partial charge is 0.476 e. The Hall–Kier alpha value is -1.75. The third-order valence-electron chi connectivity index (χ3n) is 2.68. The van der Waals surface area contributed by atoms with Crippen molar-refractivity contribution in [2.24, 2.45) is 0 Å². The molecule has 0 saturated heterocycles. The van der Waals surface area contributed by atoms with Gasteiger partial charge in [0.1, 0.15) is 5.82 Å². The van der Waals surface area contributed by atoms with Crippen LogP contribution in [0.1, 0.15) is 18.2 Å². The average molecular weight is 277 g/mol. The van der Waals surface area contributed by atoms with Crippen LogP contribution in [0.5, 0.6) is 5.88 Å². The normalized spacial score (nSPS) is 10.4. The Morgan fingerprint density at radius 1 is 1.37 bits per heavy atom. The number of rotatable bonds is 6. The highest BCUT2D eigenvalue weighted by Gasteiger charge is 2.08. The molecule has 102 valence electrons. The molecule has 0 aliphatic rings. The molecule has 0 atom stereocenters. The number of hydrogen-bond donors (Lipinski definition) is 1. The maximum atomic E-state index is 5.86. The minimum atomic E-state index is 0.525. The quantitative estimate of drug-likeness (QED) is 0.881. The summed E-state index contributed by atoms with van der Waals surface area (Å²) in [6.07, 6.45) is 0.941. The van der Waals surface area contributed by atoms with Gasteiger partial charge in [0, 0.05) is 11.9 Å². The van der Waals surface area contributed by atoms with Gasteiger partial charge in [-0.2, -0.15) is 4.98 Å². The van der Waals surface area contributed by atoms with E-state index in [9.17, 15) is 0 Å². The second-order valence-corrected chi connectivity index (χ2v) is 5.38. The number of thiophene rings is 1. The van der Waals surface area contributed by atoms with Gasteiger partial charge in [0.15, 0.2) is 0 Å². The molecule has 2 aromatic heterocycles. The summed E-state index contributed by atoms with van der Waals surface area (Å²) in [7, 11) is 2.02. The summed E-state index contributed by atoms with van der Waals surface area (Å²) < 4.78 is 5.55. The van der Waals surface area contributed by atoms with Crippen molar-refractivity contribution >= 4 is 22.8 Å². The van der Waals surface area contributed by atoms with Gasteiger partial charge in [0.05, 0.1) is 18.8 Å². The molecule has 0 aliphatic heterocycles. The number of ether oxygens (including phenoxy) is 1. The molecule has 2 heterocycles. The fourth-order valence-electron chi connectivity index (χ4n) is 1.69. The van der Waals surface area contributed by atoms with Crippen LogP contribution in [0.3, 0.4) is 0 Å². The van der Waals surface area contributed by atoms with Crippen LogP contribution < -0.4 is 15.4 Å². The smallest absolute Gasteiger partial charge is 0.239 e. The monoisotopic (exact) mass is 277 g/mol. The van der Waals surface area contributed by atoms with Crippen molar-refractivity contribution in [2.75, 3.05) is 24.3 Å². The number of nitrogens with zero attached hydrogens (tertiary/aromatic N) is 2. The molecule has 2 aromatic rings. The summed E-state index contributed by atoms with van der Waals surface area (Å²) in [5.41, 5.74) is 6.45. The summed E-state index contributed by atoms with van der Waals surface area (Å²) in [6.45, 7) is 3.53. The highest BCUT2D eigenvalue weighted by atomic mass is 32.1. The van der Waals surface area contributed by atoms with Crippen molar-refractivity contribution in [1.29, 1.82) is 0 Å². The molecule has 2 rings (SSSR count). The number of pyridine rings is 1. The molecule has 0 spiro atoms. The lowest BCUT2D eigenvalue weighted by Crippen LogP contribution is -2.17. The van der Waals surface area contributed by atoms with Gasteiger partial charge in [-0.1, -0.05) is 13.0 Å². The van der Waals surface area contributed by atoms with Crippen molar-refractivity contribution in [3.63, 3.8) is 0 Å². The van der Waals surface area contributed by atoms with E-state index in [4.69, 9.17) is 10.5 Å². The molecule has 5 heteroatoms. The third-order valence-corrected chi connectivity index (χ3v) is 3.54. The molecule has 0 saturated carbocycles. The summed E-state index contributed by atoms with van der Waals surface area (Å²) in [5.74, 6) is 1.39. The van der Waals surface area contributed by atoms with Crippen LogP contribution in [0.25, 0.3) is 0 Å². The zero-order valence-electron chi connectivity index (χ0n) is 11.3. The minimum absolute atomic E-state index is 0.525. The van der Waals surface area contributed by atoms with E-state index in [0.717, 1.165) is 18.8 Å². The Morgan fingerprint density at radius 3 is 2.89 bits per heavy atom. The van der Waals surface area contributed by atoms with Crippen LogP contribution >= 0.6 is 11.3 Å². The van der Waals surface area contributed by atoms with Crippen molar-refractivity contribution in [3.05, 3.63) is 34.5 Å². The van der Waals surface area contributed by atoms with Gasteiger partial charge in [-0.25, -0.2) is 0 Å². The molecule has 0 aromatic carbocycles. The van der Waals surface area contributed by atoms with Crippen LogP contribution in [0.4, 0.5) is 11.5 Å². The molecular weight excluding hydrogens is 258 g/mol. The van der Waals surface area contributed by atoms with Crippen molar-refractivity contribution in [1.82, 2.24) is 4.98 Å². The van der Waals surface area contributed by atoms with Gasteiger partial charge in [0.25, 0.3) is 0 Å². The lowest BCUT2D eigenvalue weighted by Gasteiger charge is -2.18. The van der Waals surface area contributed by atoms with E-state index < -0.39 is 0 Å². The maximum Gasteiger partial charge on any atom is 0.239 e. The van der Waals surface area contributed by atoms with E-state index >= 15 is 0 Å². The fraction of sp³-hybridized carbons (Fsp3) is 0.357. The molecule has 0 bridgehead atoms. The van der Waals surface area contributed by atoms with Crippen molar-refractivity contribution in [2.45, 2.75) is 19.9 Å². The second kappa shape index (κ2) is 6.43. The summed E-state index contributed by atoms with van der Waals surface area (Å²) in [4.78, 5) is 7.86. The van der Waals surface area contributed by atoms with Gasteiger partial charge in [-0.05, 0) is 30.0 Å². The molecule has 0 radical (unpaired) electrons. The lowest BCUT2D eigenvalue weighted by molar-refractivity contribution is 0.307. The van der Waals surface area contributed by atoms with Crippen LogP contribution in [-0.4, -0.2) is 18.6 Å². The van der Waals surface area contributed by atoms with Gasteiger partial charge < -0.3 is 15.4 Å². The summed E-state index contributed by atoms with van der Waals surface area (Å²) in [5, 5.41) is 2.08. The SMILES string of the molecule is CCCOc1nc(N(C)Cc2cccs2)ccc1N. The molecule has 0 unspecified atom stereocenters. The van der Waals surface area contributed by atoms with Crippen molar-refractivity contribution in [3.8, 4) is 5.88 Å². The Kier molecular flexibility index (Phi) is 4.63. The van der Waals surface area contributed by atoms with E-state index in [1.165, 1.54) is 4.88 Å². The first-order valence-electron chi connectivity index (χ1n) is 6.33. The van der Waals surface area contributed by atoms with E-state index in [-0.39, 0.29) is 0 Å². The van der Waals surface area contributed by atoms with E-state index in [1.54, 1.807) is 11.3 Å².